The third-order valence-corrected chi connectivity index (χ3v) is 4.47. The quantitative estimate of drug-likeness (QED) is 0.635. The molecule has 2 heteroatoms. The van der Waals surface area contributed by atoms with E-state index in [1.807, 2.05) is 0 Å². The molecular weight excluding hydrogens is 176 g/mol. The van der Waals surface area contributed by atoms with Crippen LogP contribution in [-0.2, 0) is 9.53 Å². The predicted molar refractivity (Wildman–Crippen MR) is 54.8 cm³/mol. The Morgan fingerprint density at radius 1 is 1.43 bits per heavy atom. The van der Waals surface area contributed by atoms with Gasteiger partial charge in [0.1, 0.15) is 5.60 Å². The van der Waals surface area contributed by atoms with Crippen LogP contribution in [0.25, 0.3) is 0 Å². The Morgan fingerprint density at radius 2 is 2.07 bits per heavy atom. The summed E-state index contributed by atoms with van der Waals surface area (Å²) in [5.74, 6) is 1.22. The number of esters is 1. The van der Waals surface area contributed by atoms with Gasteiger partial charge < -0.3 is 4.74 Å². The van der Waals surface area contributed by atoms with E-state index in [-0.39, 0.29) is 11.6 Å². The van der Waals surface area contributed by atoms with Crippen LogP contribution < -0.4 is 0 Å². The molecule has 1 unspecified atom stereocenters. The number of rotatable bonds is 2. The zero-order valence-electron chi connectivity index (χ0n) is 9.59. The average molecular weight is 196 g/mol. The Labute approximate surface area is 86.0 Å². The van der Waals surface area contributed by atoms with Gasteiger partial charge in [0.2, 0.25) is 0 Å². The van der Waals surface area contributed by atoms with Gasteiger partial charge in [-0.05, 0) is 37.5 Å². The maximum absolute atomic E-state index is 11.0. The number of hydrogen-bond donors (Lipinski definition) is 0. The first-order valence-electron chi connectivity index (χ1n) is 5.60. The van der Waals surface area contributed by atoms with E-state index in [2.05, 4.69) is 20.8 Å². The van der Waals surface area contributed by atoms with Crippen LogP contribution in [0.5, 0.6) is 0 Å². The highest BCUT2D eigenvalue weighted by Crippen LogP contribution is 2.71. The van der Waals surface area contributed by atoms with E-state index >= 15 is 0 Å². The first-order chi connectivity index (χ1) is 6.41. The Bertz CT molecular complexity index is 271. The molecule has 2 rings (SSSR count). The van der Waals surface area contributed by atoms with E-state index in [1.165, 1.54) is 19.8 Å². The summed E-state index contributed by atoms with van der Waals surface area (Å²) >= 11 is 0. The Kier molecular flexibility index (Phi) is 1.96. The molecule has 0 aliphatic heterocycles. The third-order valence-electron chi connectivity index (χ3n) is 4.47. The molecule has 0 spiro atoms. The van der Waals surface area contributed by atoms with Gasteiger partial charge in [0.15, 0.2) is 0 Å². The van der Waals surface area contributed by atoms with Crippen molar-refractivity contribution in [1.82, 2.24) is 0 Å². The Balaban J connectivity index is 2.10. The number of carbonyl (C=O) groups is 1. The number of carbonyl (C=O) groups excluding carboxylic acids is 1. The second kappa shape index (κ2) is 2.74. The molecule has 2 saturated carbocycles. The fourth-order valence-corrected chi connectivity index (χ4v) is 3.45. The summed E-state index contributed by atoms with van der Waals surface area (Å²) in [5, 5.41) is 0. The monoisotopic (exact) mass is 196 g/mol. The van der Waals surface area contributed by atoms with Gasteiger partial charge in [-0.1, -0.05) is 13.8 Å². The van der Waals surface area contributed by atoms with E-state index in [0.717, 1.165) is 12.3 Å². The van der Waals surface area contributed by atoms with E-state index in [4.69, 9.17) is 4.74 Å². The molecule has 0 bridgehead atoms. The summed E-state index contributed by atoms with van der Waals surface area (Å²) < 4.78 is 5.49. The molecule has 0 aromatic heterocycles. The molecule has 14 heavy (non-hydrogen) atoms. The maximum Gasteiger partial charge on any atom is 0.303 e. The molecule has 0 aromatic carbocycles. The molecule has 0 aromatic rings. The molecule has 2 aliphatic carbocycles. The van der Waals surface area contributed by atoms with Crippen molar-refractivity contribution in [3.8, 4) is 0 Å². The van der Waals surface area contributed by atoms with Crippen LogP contribution in [0.15, 0.2) is 0 Å². The summed E-state index contributed by atoms with van der Waals surface area (Å²) in [4.78, 5) is 11.0. The van der Waals surface area contributed by atoms with E-state index < -0.39 is 0 Å². The SMILES string of the molecule is CC(=O)O[C@@]1(C)CC[C@]2(C(C)C)CC21. The molecule has 0 amide bonds. The van der Waals surface area contributed by atoms with Crippen LogP contribution in [0.1, 0.15) is 47.0 Å². The van der Waals surface area contributed by atoms with Crippen molar-refractivity contribution in [1.29, 1.82) is 0 Å². The lowest BCUT2D eigenvalue weighted by Gasteiger charge is -2.25. The van der Waals surface area contributed by atoms with E-state index in [1.54, 1.807) is 0 Å². The molecule has 0 N–H and O–H groups in total. The summed E-state index contributed by atoms with van der Waals surface area (Å²) in [7, 11) is 0. The lowest BCUT2D eigenvalue weighted by Crippen LogP contribution is -2.31. The lowest BCUT2D eigenvalue weighted by molar-refractivity contribution is -0.156. The summed E-state index contributed by atoms with van der Waals surface area (Å²) in [5.41, 5.74) is 0.348. The molecule has 3 atom stereocenters. The van der Waals surface area contributed by atoms with Gasteiger partial charge in [0, 0.05) is 12.8 Å². The van der Waals surface area contributed by atoms with Crippen molar-refractivity contribution in [2.75, 3.05) is 0 Å². The standard InChI is InChI=1S/C12H20O2/c1-8(2)12-6-5-11(4,10(12)7-12)14-9(3)13/h8,10H,5-7H2,1-4H3/t10?,11-,12+/m0/s1. The summed E-state index contributed by atoms with van der Waals surface area (Å²) in [6, 6.07) is 0. The molecule has 0 saturated heterocycles. The van der Waals surface area contributed by atoms with Crippen LogP contribution in [0.3, 0.4) is 0 Å². The van der Waals surface area contributed by atoms with Gasteiger partial charge in [-0.25, -0.2) is 0 Å². The summed E-state index contributed by atoms with van der Waals surface area (Å²) in [6.45, 7) is 8.21. The minimum Gasteiger partial charge on any atom is -0.459 e. The van der Waals surface area contributed by atoms with E-state index in [0.29, 0.717) is 11.3 Å². The smallest absolute Gasteiger partial charge is 0.303 e. The number of fused-ring (bicyclic) bond motifs is 1. The van der Waals surface area contributed by atoms with Crippen LogP contribution in [0.4, 0.5) is 0 Å². The van der Waals surface area contributed by atoms with Crippen molar-refractivity contribution >= 4 is 5.97 Å². The normalized spacial score (nSPS) is 45.1. The van der Waals surface area contributed by atoms with Crippen LogP contribution >= 0.6 is 0 Å². The minimum atomic E-state index is -0.157. The second-order valence-electron chi connectivity index (χ2n) is 5.55. The van der Waals surface area contributed by atoms with Crippen molar-refractivity contribution < 1.29 is 9.53 Å². The highest BCUT2D eigenvalue weighted by Gasteiger charge is 2.69. The van der Waals surface area contributed by atoms with Gasteiger partial charge in [-0.3, -0.25) is 4.79 Å². The first-order valence-corrected chi connectivity index (χ1v) is 5.60. The number of hydrogen-bond acceptors (Lipinski definition) is 2. The Morgan fingerprint density at radius 3 is 2.43 bits per heavy atom. The second-order valence-corrected chi connectivity index (χ2v) is 5.55. The molecule has 0 radical (unpaired) electrons. The first kappa shape index (κ1) is 10.0. The fraction of sp³-hybridized carbons (Fsp3) is 0.917. The van der Waals surface area contributed by atoms with Crippen LogP contribution in [0, 0.1) is 17.3 Å². The van der Waals surface area contributed by atoms with Crippen LogP contribution in [0.2, 0.25) is 0 Å². The molecule has 80 valence electrons. The van der Waals surface area contributed by atoms with Gasteiger partial charge in [0.25, 0.3) is 0 Å². The molecule has 2 fully saturated rings. The van der Waals surface area contributed by atoms with Gasteiger partial charge in [-0.15, -0.1) is 0 Å². The third kappa shape index (κ3) is 1.19. The predicted octanol–water partition coefficient (Wildman–Crippen LogP) is 2.76. The highest BCUT2D eigenvalue weighted by atomic mass is 16.6. The zero-order chi connectivity index (χ0) is 10.6. The molecular formula is C12H20O2. The van der Waals surface area contributed by atoms with Crippen molar-refractivity contribution in [2.24, 2.45) is 17.3 Å². The zero-order valence-corrected chi connectivity index (χ0v) is 9.59. The van der Waals surface area contributed by atoms with Crippen molar-refractivity contribution in [2.45, 2.75) is 52.6 Å². The average Bonchev–Trinajstić information content (AvgIpc) is 2.70. The van der Waals surface area contributed by atoms with Crippen molar-refractivity contribution in [3.05, 3.63) is 0 Å². The number of ether oxygens (including phenoxy) is 1. The molecule has 2 nitrogen and oxygen atoms in total. The van der Waals surface area contributed by atoms with Gasteiger partial charge in [-0.2, -0.15) is 0 Å². The molecule has 0 heterocycles. The largest absolute Gasteiger partial charge is 0.459 e. The van der Waals surface area contributed by atoms with Gasteiger partial charge >= 0.3 is 5.97 Å². The fourth-order valence-electron chi connectivity index (χ4n) is 3.45. The van der Waals surface area contributed by atoms with Gasteiger partial charge in [0.05, 0.1) is 0 Å². The van der Waals surface area contributed by atoms with E-state index in [9.17, 15) is 4.79 Å². The summed E-state index contributed by atoms with van der Waals surface area (Å²) in [6.07, 6.45) is 3.54. The molecule has 2 aliphatic rings. The maximum atomic E-state index is 11.0. The van der Waals surface area contributed by atoms with Crippen molar-refractivity contribution in [3.63, 3.8) is 0 Å². The van der Waals surface area contributed by atoms with Crippen LogP contribution in [-0.4, -0.2) is 11.6 Å². The Hall–Kier alpha value is -0.530. The highest BCUT2D eigenvalue weighted by molar-refractivity contribution is 5.66. The minimum absolute atomic E-state index is 0.126. The topological polar surface area (TPSA) is 26.3 Å². The lowest BCUT2D eigenvalue weighted by atomic mass is 9.90.